The van der Waals surface area contributed by atoms with Crippen molar-refractivity contribution in [2.45, 2.75) is 39.2 Å². The van der Waals surface area contributed by atoms with Crippen LogP contribution in [0.5, 0.6) is 5.88 Å². The molecular formula is C23H24Br2N4O3. The number of hydrogen-bond acceptors (Lipinski definition) is 4. The number of carbonyl (C=O) groups is 2. The zero-order valence-corrected chi connectivity index (χ0v) is 20.8. The second-order valence-electron chi connectivity index (χ2n) is 7.22. The highest BCUT2D eigenvalue weighted by atomic mass is 79.9. The van der Waals surface area contributed by atoms with Crippen molar-refractivity contribution in [2.24, 2.45) is 10.2 Å². The number of aromatic nitrogens is 1. The van der Waals surface area contributed by atoms with Gasteiger partial charge in [-0.15, -0.1) is 10.2 Å². The molecule has 2 N–H and O–H groups in total. The van der Waals surface area contributed by atoms with Gasteiger partial charge in [-0.25, -0.2) is 0 Å². The summed E-state index contributed by atoms with van der Waals surface area (Å²) in [6, 6.07) is 12.9. The Bertz CT molecular complexity index is 1160. The van der Waals surface area contributed by atoms with E-state index in [2.05, 4.69) is 47.4 Å². The number of halogens is 2. The molecule has 32 heavy (non-hydrogen) atoms. The number of hydrogen-bond donors (Lipinski definition) is 2. The van der Waals surface area contributed by atoms with Gasteiger partial charge in [-0.05, 0) is 66.0 Å². The molecule has 0 bridgehead atoms. The van der Waals surface area contributed by atoms with E-state index in [0.717, 1.165) is 32.7 Å². The van der Waals surface area contributed by atoms with Gasteiger partial charge in [0.25, 0.3) is 11.8 Å². The Morgan fingerprint density at radius 2 is 1.88 bits per heavy atom. The minimum absolute atomic E-state index is 0.00190. The molecule has 1 heterocycles. The Balaban J connectivity index is 1.47. The molecule has 2 aromatic carbocycles. The second-order valence-corrected chi connectivity index (χ2v) is 8.99. The van der Waals surface area contributed by atoms with Crippen molar-refractivity contribution in [2.75, 3.05) is 6.54 Å². The lowest BCUT2D eigenvalue weighted by molar-refractivity contribution is -0.118. The number of aromatic hydroxyl groups is 1. The first-order valence-corrected chi connectivity index (χ1v) is 12.0. The van der Waals surface area contributed by atoms with Crippen LogP contribution in [0.3, 0.4) is 0 Å². The average Bonchev–Trinajstić information content (AvgIpc) is 3.04. The normalized spacial score (nSPS) is 11.3. The number of rotatable bonds is 9. The molecule has 2 amide bonds. The maximum atomic E-state index is 12.1. The van der Waals surface area contributed by atoms with Gasteiger partial charge >= 0.3 is 0 Å². The van der Waals surface area contributed by atoms with Crippen molar-refractivity contribution in [3.63, 3.8) is 0 Å². The Morgan fingerprint density at radius 1 is 1.09 bits per heavy atom. The first-order chi connectivity index (χ1) is 15.4. The Labute approximate surface area is 203 Å². The van der Waals surface area contributed by atoms with Crippen LogP contribution in [-0.2, 0) is 11.3 Å². The summed E-state index contributed by atoms with van der Waals surface area (Å²) in [5, 5.41) is 21.9. The van der Waals surface area contributed by atoms with Crippen LogP contribution >= 0.6 is 31.9 Å². The smallest absolute Gasteiger partial charge is 0.264 e. The molecule has 0 aliphatic heterocycles. The van der Waals surface area contributed by atoms with Crippen LogP contribution in [0.2, 0.25) is 0 Å². The van der Waals surface area contributed by atoms with Crippen molar-refractivity contribution < 1.29 is 14.7 Å². The standard InChI is InChI=1S/C23H24Br2N4O3/c1-2-29-19-12-11-15(24)14-17(19)21(23(29)32)28-27-20(30)10-4-3-7-13-26-22(31)16-8-5-6-9-18(16)25/h5-6,8-9,11-12,14,32H,2-4,7,10,13H2,1H3,(H,26,31). The van der Waals surface area contributed by atoms with E-state index in [1.165, 1.54) is 0 Å². The molecule has 0 saturated heterocycles. The number of unbranched alkanes of at least 4 members (excludes halogenated alkanes) is 2. The molecule has 0 radical (unpaired) electrons. The number of fused-ring (bicyclic) bond motifs is 1. The van der Waals surface area contributed by atoms with E-state index in [9.17, 15) is 14.7 Å². The molecular weight excluding hydrogens is 540 g/mol. The monoisotopic (exact) mass is 562 g/mol. The minimum atomic E-state index is -0.339. The van der Waals surface area contributed by atoms with Crippen LogP contribution in [0, 0.1) is 0 Å². The van der Waals surface area contributed by atoms with Crippen LogP contribution in [0.25, 0.3) is 10.9 Å². The van der Waals surface area contributed by atoms with E-state index in [1.54, 1.807) is 10.6 Å². The number of aryl methyl sites for hydroxylation is 1. The summed E-state index contributed by atoms with van der Waals surface area (Å²) in [7, 11) is 0. The van der Waals surface area contributed by atoms with Gasteiger partial charge < -0.3 is 15.0 Å². The zero-order valence-electron chi connectivity index (χ0n) is 17.6. The summed E-state index contributed by atoms with van der Waals surface area (Å²) < 4.78 is 3.34. The van der Waals surface area contributed by atoms with Crippen molar-refractivity contribution in [1.29, 1.82) is 0 Å². The van der Waals surface area contributed by atoms with E-state index in [1.807, 2.05) is 43.3 Å². The van der Waals surface area contributed by atoms with Gasteiger partial charge in [0.2, 0.25) is 5.88 Å². The van der Waals surface area contributed by atoms with Crippen molar-refractivity contribution in [1.82, 2.24) is 9.88 Å². The summed E-state index contributed by atoms with van der Waals surface area (Å²) in [4.78, 5) is 24.3. The summed E-state index contributed by atoms with van der Waals surface area (Å²) in [6.07, 6.45) is 2.46. The molecule has 0 atom stereocenters. The van der Waals surface area contributed by atoms with Gasteiger partial charge in [0.05, 0.1) is 11.1 Å². The topological polar surface area (TPSA) is 96.0 Å². The first kappa shape index (κ1) is 24.1. The van der Waals surface area contributed by atoms with Crippen molar-refractivity contribution >= 4 is 60.3 Å². The largest absolute Gasteiger partial charge is 0.493 e. The first-order valence-electron chi connectivity index (χ1n) is 10.4. The molecule has 1 aromatic heterocycles. The van der Waals surface area contributed by atoms with Gasteiger partial charge in [-0.3, -0.25) is 9.59 Å². The van der Waals surface area contributed by atoms with E-state index in [-0.39, 0.29) is 24.1 Å². The second kappa shape index (κ2) is 11.4. The molecule has 0 saturated carbocycles. The van der Waals surface area contributed by atoms with Crippen LogP contribution in [-0.4, -0.2) is 28.0 Å². The SMILES string of the molecule is CCn1c(O)c(N=NC(=O)CCCCCNC(=O)c2ccccc2Br)c2cc(Br)ccc21. The zero-order chi connectivity index (χ0) is 23.1. The lowest BCUT2D eigenvalue weighted by atomic mass is 10.2. The maximum Gasteiger partial charge on any atom is 0.264 e. The summed E-state index contributed by atoms with van der Waals surface area (Å²) in [6.45, 7) is 3.04. The van der Waals surface area contributed by atoms with Gasteiger partial charge in [0.15, 0.2) is 5.69 Å². The van der Waals surface area contributed by atoms with Gasteiger partial charge in [-0.1, -0.05) is 34.5 Å². The van der Waals surface area contributed by atoms with Crippen molar-refractivity contribution in [3.05, 3.63) is 57.0 Å². The third kappa shape index (κ3) is 5.83. The van der Waals surface area contributed by atoms with Crippen LogP contribution < -0.4 is 5.32 Å². The lowest BCUT2D eigenvalue weighted by Crippen LogP contribution is -2.24. The predicted molar refractivity (Wildman–Crippen MR) is 131 cm³/mol. The fraction of sp³-hybridized carbons (Fsp3) is 0.304. The van der Waals surface area contributed by atoms with Crippen LogP contribution in [0.4, 0.5) is 5.69 Å². The van der Waals surface area contributed by atoms with Crippen molar-refractivity contribution in [3.8, 4) is 5.88 Å². The van der Waals surface area contributed by atoms with E-state index < -0.39 is 0 Å². The fourth-order valence-corrected chi connectivity index (χ4v) is 4.22. The number of azo groups is 1. The molecule has 0 aliphatic rings. The molecule has 0 fully saturated rings. The summed E-state index contributed by atoms with van der Waals surface area (Å²) in [5.41, 5.74) is 1.73. The van der Waals surface area contributed by atoms with Gasteiger partial charge in [0, 0.05) is 33.8 Å². The molecule has 0 spiro atoms. The third-order valence-corrected chi connectivity index (χ3v) is 6.21. The molecule has 7 nitrogen and oxygen atoms in total. The molecule has 0 unspecified atom stereocenters. The Kier molecular flexibility index (Phi) is 8.58. The lowest BCUT2D eigenvalue weighted by Gasteiger charge is -2.06. The molecule has 0 aliphatic carbocycles. The van der Waals surface area contributed by atoms with E-state index >= 15 is 0 Å². The highest BCUT2D eigenvalue weighted by Crippen LogP contribution is 2.40. The third-order valence-electron chi connectivity index (χ3n) is 5.02. The number of benzene rings is 2. The minimum Gasteiger partial charge on any atom is -0.493 e. The number of carbonyl (C=O) groups excluding carboxylic acids is 2. The van der Waals surface area contributed by atoms with Gasteiger partial charge in [-0.2, -0.15) is 0 Å². The predicted octanol–water partition coefficient (Wildman–Crippen LogP) is 6.49. The Hall–Kier alpha value is -2.52. The fourth-order valence-electron chi connectivity index (χ4n) is 3.39. The summed E-state index contributed by atoms with van der Waals surface area (Å²) >= 11 is 6.79. The van der Waals surface area contributed by atoms with Gasteiger partial charge in [0.1, 0.15) is 0 Å². The molecule has 168 valence electrons. The van der Waals surface area contributed by atoms with E-state index in [4.69, 9.17) is 0 Å². The quantitative estimate of drug-likeness (QED) is 0.230. The average molecular weight is 564 g/mol. The molecule has 3 aromatic rings. The van der Waals surface area contributed by atoms with Crippen LogP contribution in [0.1, 0.15) is 43.0 Å². The Morgan fingerprint density at radius 3 is 2.62 bits per heavy atom. The number of nitrogens with one attached hydrogen (secondary N) is 1. The number of nitrogens with zero attached hydrogens (tertiary/aromatic N) is 3. The maximum absolute atomic E-state index is 12.1. The molecule has 9 heteroatoms. The van der Waals surface area contributed by atoms with Crippen LogP contribution in [0.15, 0.2) is 61.6 Å². The highest BCUT2D eigenvalue weighted by molar-refractivity contribution is 9.10. The molecule has 3 rings (SSSR count). The highest BCUT2D eigenvalue weighted by Gasteiger charge is 2.16. The number of amides is 2. The van der Waals surface area contributed by atoms with E-state index in [0.29, 0.717) is 30.8 Å². The summed E-state index contributed by atoms with van der Waals surface area (Å²) in [5.74, 6) is -0.466.